The van der Waals surface area contributed by atoms with E-state index in [0.29, 0.717) is 5.75 Å². The summed E-state index contributed by atoms with van der Waals surface area (Å²) in [6.45, 7) is 14.7. The maximum atomic E-state index is 10.8. The largest absolute Gasteiger partial charge is 0.507 e. The number of benzene rings is 2. The lowest BCUT2D eigenvalue weighted by molar-refractivity contribution is 0.422. The third-order valence-electron chi connectivity index (χ3n) is 4.55. The molecule has 0 aliphatic heterocycles. The summed E-state index contributed by atoms with van der Waals surface area (Å²) < 4.78 is 0. The van der Waals surface area contributed by atoms with Gasteiger partial charge in [-0.2, -0.15) is 0 Å². The van der Waals surface area contributed by atoms with E-state index in [9.17, 15) is 5.11 Å². The summed E-state index contributed by atoms with van der Waals surface area (Å²) in [5, 5.41) is 14.3. The second-order valence-corrected chi connectivity index (χ2v) is 8.95. The van der Waals surface area contributed by atoms with E-state index < -0.39 is 0 Å². The van der Waals surface area contributed by atoms with Gasteiger partial charge in [0, 0.05) is 6.54 Å². The van der Waals surface area contributed by atoms with Crippen LogP contribution in [0.3, 0.4) is 0 Å². The summed E-state index contributed by atoms with van der Waals surface area (Å²) in [5.74, 6) is 0.452. The number of hydrogen-bond acceptors (Lipinski definition) is 2. The van der Waals surface area contributed by atoms with Crippen LogP contribution in [0.2, 0.25) is 0 Å². The molecule has 0 fully saturated rings. The van der Waals surface area contributed by atoms with E-state index in [1.54, 1.807) is 0 Å². The maximum absolute atomic E-state index is 10.8. The first-order valence-corrected chi connectivity index (χ1v) is 9.20. The number of hydrogen-bond donors (Lipinski definition) is 2. The van der Waals surface area contributed by atoms with Crippen molar-refractivity contribution in [3.05, 3.63) is 64.7 Å². The number of aromatic hydroxyl groups is 1. The fourth-order valence-corrected chi connectivity index (χ4v) is 3.05. The molecule has 0 radical (unpaired) electrons. The molecular weight excluding hydrogens is 306 g/mol. The molecule has 2 aromatic rings. The van der Waals surface area contributed by atoms with Gasteiger partial charge in [-0.3, -0.25) is 0 Å². The highest BCUT2D eigenvalue weighted by Gasteiger charge is 2.26. The zero-order valence-electron chi connectivity index (χ0n) is 16.6. The summed E-state index contributed by atoms with van der Waals surface area (Å²) in [6.07, 6.45) is 1.02. The Bertz CT molecular complexity index is 655. The molecule has 2 rings (SSSR count). The van der Waals surface area contributed by atoms with Gasteiger partial charge in [-0.1, -0.05) is 84.0 Å². The van der Waals surface area contributed by atoms with Gasteiger partial charge in [0.1, 0.15) is 5.75 Å². The van der Waals surface area contributed by atoms with Gasteiger partial charge in [0.15, 0.2) is 0 Å². The van der Waals surface area contributed by atoms with E-state index in [1.165, 1.54) is 11.1 Å². The minimum Gasteiger partial charge on any atom is -0.507 e. The van der Waals surface area contributed by atoms with Crippen molar-refractivity contribution in [2.24, 2.45) is 0 Å². The fraction of sp³-hybridized carbons (Fsp3) is 0.478. The molecule has 0 aliphatic carbocycles. The lowest BCUT2D eigenvalue weighted by atomic mass is 9.78. The maximum Gasteiger partial charge on any atom is 0.123 e. The second-order valence-electron chi connectivity index (χ2n) is 8.95. The fourth-order valence-electron chi connectivity index (χ4n) is 3.05. The highest BCUT2D eigenvalue weighted by molar-refractivity contribution is 5.49. The molecule has 2 heteroatoms. The van der Waals surface area contributed by atoms with Crippen LogP contribution in [0.25, 0.3) is 0 Å². The molecule has 0 heterocycles. The van der Waals surface area contributed by atoms with Gasteiger partial charge >= 0.3 is 0 Å². The smallest absolute Gasteiger partial charge is 0.123 e. The van der Waals surface area contributed by atoms with E-state index in [2.05, 4.69) is 89.3 Å². The first-order chi connectivity index (χ1) is 11.6. The predicted octanol–water partition coefficient (Wildman–Crippen LogP) is 5.32. The molecule has 2 N–H and O–H groups in total. The summed E-state index contributed by atoms with van der Waals surface area (Å²) in [6, 6.07) is 14.9. The Balaban J connectivity index is 2.14. The molecule has 0 aromatic heterocycles. The van der Waals surface area contributed by atoms with Crippen LogP contribution in [0, 0.1) is 0 Å². The monoisotopic (exact) mass is 339 g/mol. The van der Waals surface area contributed by atoms with Crippen LogP contribution >= 0.6 is 0 Å². The van der Waals surface area contributed by atoms with Crippen LogP contribution in [0.4, 0.5) is 0 Å². The Morgan fingerprint density at radius 2 is 1.32 bits per heavy atom. The van der Waals surface area contributed by atoms with Crippen LogP contribution in [-0.4, -0.2) is 11.7 Å². The average molecular weight is 340 g/mol. The van der Waals surface area contributed by atoms with Crippen LogP contribution in [0.5, 0.6) is 5.75 Å². The third kappa shape index (κ3) is 5.34. The zero-order valence-corrected chi connectivity index (χ0v) is 16.6. The van der Waals surface area contributed by atoms with Crippen molar-refractivity contribution < 1.29 is 5.11 Å². The summed E-state index contributed by atoms with van der Waals surface area (Å²) >= 11 is 0. The van der Waals surface area contributed by atoms with Crippen LogP contribution in [0.1, 0.15) is 63.8 Å². The molecule has 0 bridgehead atoms. The summed E-state index contributed by atoms with van der Waals surface area (Å²) in [5.41, 5.74) is 4.49. The van der Waals surface area contributed by atoms with E-state index in [1.807, 2.05) is 0 Å². The van der Waals surface area contributed by atoms with Crippen molar-refractivity contribution in [2.45, 2.75) is 65.3 Å². The van der Waals surface area contributed by atoms with Crippen molar-refractivity contribution in [2.75, 3.05) is 6.54 Å². The minimum absolute atomic E-state index is 0.0792. The zero-order chi connectivity index (χ0) is 18.7. The van der Waals surface area contributed by atoms with Crippen LogP contribution in [0.15, 0.2) is 42.5 Å². The lowest BCUT2D eigenvalue weighted by Crippen LogP contribution is -2.21. The number of phenols is 1. The average Bonchev–Trinajstić information content (AvgIpc) is 2.51. The molecule has 0 atom stereocenters. The Morgan fingerprint density at radius 1 is 0.800 bits per heavy atom. The lowest BCUT2D eigenvalue weighted by Gasteiger charge is -2.28. The molecule has 0 aliphatic rings. The molecule has 2 nitrogen and oxygen atoms in total. The molecule has 0 saturated heterocycles. The highest BCUT2D eigenvalue weighted by Crippen LogP contribution is 2.39. The molecular formula is C23H33NO. The molecule has 2 aromatic carbocycles. The SMILES string of the molecule is CC(C)(C)c1cc(CNCCc2ccccc2)cc(C(C)(C)C)c1O. The topological polar surface area (TPSA) is 32.3 Å². The predicted molar refractivity (Wildman–Crippen MR) is 107 cm³/mol. The van der Waals surface area contributed by atoms with Gasteiger partial charge in [0.2, 0.25) is 0 Å². The molecule has 0 saturated carbocycles. The Kier molecular flexibility index (Phi) is 5.95. The number of rotatable bonds is 5. The molecule has 136 valence electrons. The Labute approximate surface area is 153 Å². The summed E-state index contributed by atoms with van der Waals surface area (Å²) in [7, 11) is 0. The molecule has 0 spiro atoms. The standard InChI is InChI=1S/C23H33NO/c1-22(2,3)19-14-18(15-20(21(19)25)23(4,5)6)16-24-13-12-17-10-8-7-9-11-17/h7-11,14-15,24-25H,12-13,16H2,1-6H3. The van der Waals surface area contributed by atoms with Crippen molar-refractivity contribution in [1.29, 1.82) is 0 Å². The van der Waals surface area contributed by atoms with Gasteiger partial charge in [-0.25, -0.2) is 0 Å². The number of phenolic OH excluding ortho intramolecular Hbond substituents is 1. The van der Waals surface area contributed by atoms with Crippen LogP contribution in [-0.2, 0) is 23.8 Å². The first kappa shape index (κ1) is 19.5. The Morgan fingerprint density at radius 3 is 1.80 bits per heavy atom. The van der Waals surface area contributed by atoms with Gasteiger partial charge < -0.3 is 10.4 Å². The van der Waals surface area contributed by atoms with E-state index in [0.717, 1.165) is 30.6 Å². The van der Waals surface area contributed by atoms with Crippen molar-refractivity contribution in [3.63, 3.8) is 0 Å². The normalized spacial score (nSPS) is 12.4. The Hall–Kier alpha value is -1.80. The van der Waals surface area contributed by atoms with Gasteiger partial charge in [0.25, 0.3) is 0 Å². The highest BCUT2D eigenvalue weighted by atomic mass is 16.3. The second kappa shape index (κ2) is 7.61. The van der Waals surface area contributed by atoms with E-state index in [4.69, 9.17) is 0 Å². The third-order valence-corrected chi connectivity index (χ3v) is 4.55. The first-order valence-electron chi connectivity index (χ1n) is 9.20. The summed E-state index contributed by atoms with van der Waals surface area (Å²) in [4.78, 5) is 0. The molecule has 25 heavy (non-hydrogen) atoms. The van der Waals surface area contributed by atoms with Crippen molar-refractivity contribution in [3.8, 4) is 5.75 Å². The van der Waals surface area contributed by atoms with Gasteiger partial charge in [-0.15, -0.1) is 0 Å². The molecule has 0 amide bonds. The quantitative estimate of drug-likeness (QED) is 0.723. The van der Waals surface area contributed by atoms with Gasteiger partial charge in [-0.05, 0) is 46.0 Å². The van der Waals surface area contributed by atoms with E-state index >= 15 is 0 Å². The van der Waals surface area contributed by atoms with Gasteiger partial charge in [0.05, 0.1) is 0 Å². The van der Waals surface area contributed by atoms with E-state index in [-0.39, 0.29) is 10.8 Å². The number of nitrogens with one attached hydrogen (secondary N) is 1. The van der Waals surface area contributed by atoms with Crippen molar-refractivity contribution >= 4 is 0 Å². The van der Waals surface area contributed by atoms with Crippen molar-refractivity contribution in [1.82, 2.24) is 5.32 Å². The minimum atomic E-state index is -0.0792. The molecule has 0 unspecified atom stereocenters. The van der Waals surface area contributed by atoms with Crippen LogP contribution < -0.4 is 5.32 Å².